The highest BCUT2D eigenvalue weighted by Gasteiger charge is 2.12. The van der Waals surface area contributed by atoms with Gasteiger partial charge in [0.25, 0.3) is 5.91 Å². The first-order chi connectivity index (χ1) is 11.2. The molecule has 0 atom stereocenters. The van der Waals surface area contributed by atoms with Gasteiger partial charge >= 0.3 is 0 Å². The molecule has 23 heavy (non-hydrogen) atoms. The molecule has 0 spiro atoms. The van der Waals surface area contributed by atoms with Crippen LogP contribution in [-0.2, 0) is 0 Å². The highest BCUT2D eigenvalue weighted by atomic mass is 16.5. The standard InChI is InChI=1S/C15H16N4O4/c1-21-10-6-13(22-2)11(14(7-10)23-3)8-18-19-15(20)12-9-16-4-5-17-12/h4-9H,1-3H3,(H,19,20)/b18-8+. The van der Waals surface area contributed by atoms with Crippen molar-refractivity contribution in [1.82, 2.24) is 15.4 Å². The van der Waals surface area contributed by atoms with E-state index in [4.69, 9.17) is 14.2 Å². The SMILES string of the molecule is COc1cc(OC)c(/C=N/NC(=O)c2cnccn2)c(OC)c1. The number of hydrogen-bond acceptors (Lipinski definition) is 7. The molecule has 2 aromatic rings. The lowest BCUT2D eigenvalue weighted by atomic mass is 10.2. The Hall–Kier alpha value is -3.16. The summed E-state index contributed by atoms with van der Waals surface area (Å²) < 4.78 is 15.7. The van der Waals surface area contributed by atoms with E-state index >= 15 is 0 Å². The van der Waals surface area contributed by atoms with Crippen LogP contribution in [0.5, 0.6) is 17.2 Å². The molecule has 0 aliphatic heterocycles. The van der Waals surface area contributed by atoms with E-state index in [0.29, 0.717) is 22.8 Å². The van der Waals surface area contributed by atoms with Crippen molar-refractivity contribution in [2.45, 2.75) is 0 Å². The molecule has 0 bridgehead atoms. The number of aromatic nitrogens is 2. The molecule has 0 saturated carbocycles. The Kier molecular flexibility index (Phi) is 5.45. The maximum Gasteiger partial charge on any atom is 0.291 e. The number of amides is 1. The third-order valence-electron chi connectivity index (χ3n) is 2.91. The summed E-state index contributed by atoms with van der Waals surface area (Å²) in [5.74, 6) is 1.11. The maximum atomic E-state index is 11.8. The van der Waals surface area contributed by atoms with E-state index in [1.165, 1.54) is 39.0 Å². The van der Waals surface area contributed by atoms with Crippen LogP contribution in [0.4, 0.5) is 0 Å². The lowest BCUT2D eigenvalue weighted by molar-refractivity contribution is 0.0949. The smallest absolute Gasteiger partial charge is 0.291 e. The minimum atomic E-state index is -0.471. The topological polar surface area (TPSA) is 94.9 Å². The number of nitrogens with zero attached hydrogens (tertiary/aromatic N) is 3. The fourth-order valence-electron chi connectivity index (χ4n) is 1.79. The van der Waals surface area contributed by atoms with Crippen LogP contribution in [0.25, 0.3) is 0 Å². The van der Waals surface area contributed by atoms with E-state index in [1.807, 2.05) is 0 Å². The van der Waals surface area contributed by atoms with Gasteiger partial charge < -0.3 is 14.2 Å². The van der Waals surface area contributed by atoms with Crippen LogP contribution in [0.1, 0.15) is 16.1 Å². The number of nitrogens with one attached hydrogen (secondary N) is 1. The fourth-order valence-corrected chi connectivity index (χ4v) is 1.79. The number of carbonyl (C=O) groups excluding carboxylic acids is 1. The van der Waals surface area contributed by atoms with Gasteiger partial charge in [0.05, 0.1) is 39.3 Å². The Bertz CT molecular complexity index is 679. The van der Waals surface area contributed by atoms with Crippen molar-refractivity contribution in [2.24, 2.45) is 5.10 Å². The van der Waals surface area contributed by atoms with Gasteiger partial charge in [-0.25, -0.2) is 10.4 Å². The molecule has 0 aliphatic carbocycles. The number of methoxy groups -OCH3 is 3. The second kappa shape index (κ2) is 7.74. The molecule has 1 heterocycles. The molecule has 120 valence electrons. The Morgan fingerprint density at radius 3 is 2.35 bits per heavy atom. The zero-order chi connectivity index (χ0) is 16.7. The second-order valence-electron chi connectivity index (χ2n) is 4.24. The highest BCUT2D eigenvalue weighted by Crippen LogP contribution is 2.32. The first-order valence-corrected chi connectivity index (χ1v) is 6.59. The molecule has 8 heteroatoms. The molecular weight excluding hydrogens is 300 g/mol. The predicted molar refractivity (Wildman–Crippen MR) is 83.2 cm³/mol. The lowest BCUT2D eigenvalue weighted by Crippen LogP contribution is -2.19. The number of ether oxygens (including phenoxy) is 3. The number of hydrazone groups is 1. The van der Waals surface area contributed by atoms with E-state index in [0.717, 1.165) is 0 Å². The van der Waals surface area contributed by atoms with E-state index in [9.17, 15) is 4.79 Å². The molecule has 0 aliphatic rings. The van der Waals surface area contributed by atoms with Gasteiger partial charge in [-0.1, -0.05) is 0 Å². The van der Waals surface area contributed by atoms with Gasteiger partial charge in [-0.05, 0) is 0 Å². The number of carbonyl (C=O) groups is 1. The minimum absolute atomic E-state index is 0.165. The average Bonchev–Trinajstić information content (AvgIpc) is 2.62. The van der Waals surface area contributed by atoms with Gasteiger partial charge in [0.1, 0.15) is 22.9 Å². The Morgan fingerprint density at radius 1 is 1.13 bits per heavy atom. The maximum absolute atomic E-state index is 11.8. The Labute approximate surface area is 133 Å². The van der Waals surface area contributed by atoms with E-state index in [1.54, 1.807) is 19.2 Å². The molecule has 2 rings (SSSR count). The fraction of sp³-hybridized carbons (Fsp3) is 0.200. The van der Waals surface area contributed by atoms with Crippen LogP contribution in [-0.4, -0.2) is 43.4 Å². The first-order valence-electron chi connectivity index (χ1n) is 6.59. The Morgan fingerprint density at radius 2 is 1.83 bits per heavy atom. The normalized spacial score (nSPS) is 10.4. The quantitative estimate of drug-likeness (QED) is 0.637. The van der Waals surface area contributed by atoms with Crippen LogP contribution in [0.2, 0.25) is 0 Å². The van der Waals surface area contributed by atoms with Gasteiger partial charge in [-0.2, -0.15) is 5.10 Å². The predicted octanol–water partition coefficient (Wildman–Crippen LogP) is 1.27. The summed E-state index contributed by atoms with van der Waals surface area (Å²) in [6.45, 7) is 0. The summed E-state index contributed by atoms with van der Waals surface area (Å²) in [7, 11) is 4.58. The molecule has 1 aromatic carbocycles. The van der Waals surface area contributed by atoms with Crippen LogP contribution < -0.4 is 19.6 Å². The number of rotatable bonds is 6. The van der Waals surface area contributed by atoms with Crippen molar-refractivity contribution in [1.29, 1.82) is 0 Å². The first kappa shape index (κ1) is 16.2. The van der Waals surface area contributed by atoms with Gasteiger partial charge in [-0.3, -0.25) is 9.78 Å². The van der Waals surface area contributed by atoms with Crippen LogP contribution in [0.3, 0.4) is 0 Å². The van der Waals surface area contributed by atoms with Gasteiger partial charge in [0.15, 0.2) is 0 Å². The summed E-state index contributed by atoms with van der Waals surface area (Å²) in [5.41, 5.74) is 3.09. The van der Waals surface area contributed by atoms with Crippen LogP contribution >= 0.6 is 0 Å². The molecular formula is C15H16N4O4. The van der Waals surface area contributed by atoms with Crippen LogP contribution in [0.15, 0.2) is 35.8 Å². The molecule has 0 unspecified atom stereocenters. The van der Waals surface area contributed by atoms with Gasteiger partial charge in [-0.15, -0.1) is 0 Å². The van der Waals surface area contributed by atoms with Gasteiger partial charge in [0.2, 0.25) is 0 Å². The zero-order valence-electron chi connectivity index (χ0n) is 12.9. The summed E-state index contributed by atoms with van der Waals surface area (Å²) in [6.07, 6.45) is 5.67. The van der Waals surface area contributed by atoms with Gasteiger partial charge in [0, 0.05) is 24.5 Å². The number of hydrogen-bond donors (Lipinski definition) is 1. The monoisotopic (exact) mass is 316 g/mol. The summed E-state index contributed by atoms with van der Waals surface area (Å²) >= 11 is 0. The van der Waals surface area contributed by atoms with Crippen molar-refractivity contribution in [3.63, 3.8) is 0 Å². The van der Waals surface area contributed by atoms with Crippen molar-refractivity contribution >= 4 is 12.1 Å². The highest BCUT2D eigenvalue weighted by molar-refractivity contribution is 5.93. The Balaban J connectivity index is 2.20. The van der Waals surface area contributed by atoms with E-state index < -0.39 is 5.91 Å². The third kappa shape index (κ3) is 3.94. The third-order valence-corrected chi connectivity index (χ3v) is 2.91. The molecule has 0 saturated heterocycles. The van der Waals surface area contributed by atoms with Crippen molar-refractivity contribution < 1.29 is 19.0 Å². The molecule has 0 fully saturated rings. The van der Waals surface area contributed by atoms with E-state index in [2.05, 4.69) is 20.5 Å². The van der Waals surface area contributed by atoms with Crippen molar-refractivity contribution in [2.75, 3.05) is 21.3 Å². The molecule has 1 aromatic heterocycles. The minimum Gasteiger partial charge on any atom is -0.496 e. The number of benzene rings is 1. The molecule has 8 nitrogen and oxygen atoms in total. The summed E-state index contributed by atoms with van der Waals surface area (Å²) in [5, 5.41) is 3.90. The molecule has 1 N–H and O–H groups in total. The van der Waals surface area contributed by atoms with Crippen molar-refractivity contribution in [3.8, 4) is 17.2 Å². The second-order valence-corrected chi connectivity index (χ2v) is 4.24. The zero-order valence-corrected chi connectivity index (χ0v) is 12.9. The molecule has 1 amide bonds. The van der Waals surface area contributed by atoms with E-state index in [-0.39, 0.29) is 5.69 Å². The van der Waals surface area contributed by atoms with Crippen LogP contribution in [0, 0.1) is 0 Å². The molecule has 0 radical (unpaired) electrons. The largest absolute Gasteiger partial charge is 0.496 e. The summed E-state index contributed by atoms with van der Waals surface area (Å²) in [6, 6.07) is 3.38. The van der Waals surface area contributed by atoms with Crippen molar-refractivity contribution in [3.05, 3.63) is 42.0 Å². The lowest BCUT2D eigenvalue weighted by Gasteiger charge is -2.12. The average molecular weight is 316 g/mol. The summed E-state index contributed by atoms with van der Waals surface area (Å²) in [4.78, 5) is 19.5.